The molecule has 1 aromatic heterocycles. The lowest BCUT2D eigenvalue weighted by Gasteiger charge is -2.18. The van der Waals surface area contributed by atoms with Crippen LogP contribution in [-0.2, 0) is 17.6 Å². The van der Waals surface area contributed by atoms with Crippen LogP contribution in [0, 0.1) is 0 Å². The summed E-state index contributed by atoms with van der Waals surface area (Å²) in [6.07, 6.45) is -4.99. The predicted molar refractivity (Wildman–Crippen MR) is 112 cm³/mol. The Morgan fingerprint density at radius 3 is 2.47 bits per heavy atom. The van der Waals surface area contributed by atoms with E-state index in [-0.39, 0.29) is 11.4 Å². The minimum atomic E-state index is -4.85. The van der Waals surface area contributed by atoms with Crippen molar-refractivity contribution in [3.63, 3.8) is 0 Å². The van der Waals surface area contributed by atoms with Gasteiger partial charge in [-0.3, -0.25) is 0 Å². The molecule has 1 amide bonds. The lowest BCUT2D eigenvalue weighted by atomic mass is 10.1. The fourth-order valence-electron chi connectivity index (χ4n) is 3.64. The molecule has 0 fully saturated rings. The summed E-state index contributed by atoms with van der Waals surface area (Å²) in [4.78, 5) is 13.3. The number of fused-ring (bicyclic) bond motifs is 1. The monoisotopic (exact) mass is 465 g/mol. The summed E-state index contributed by atoms with van der Waals surface area (Å²) >= 11 is 6.03. The molecule has 1 atom stereocenters. The Labute approximate surface area is 187 Å². The number of benzene rings is 2. The van der Waals surface area contributed by atoms with E-state index < -0.39 is 18.6 Å². The molecule has 32 heavy (non-hydrogen) atoms. The summed E-state index contributed by atoms with van der Waals surface area (Å²) in [5.74, 6) is -0.369. The number of carbonyl (C=O) groups excluding carboxylic acids is 1. The van der Waals surface area contributed by atoms with Crippen molar-refractivity contribution in [2.45, 2.75) is 25.3 Å². The second-order valence-electron chi connectivity index (χ2n) is 7.52. The summed E-state index contributed by atoms with van der Waals surface area (Å²) in [7, 11) is 3.18. The molecule has 1 aliphatic rings. The van der Waals surface area contributed by atoms with Crippen molar-refractivity contribution < 1.29 is 27.4 Å². The molecule has 1 unspecified atom stereocenters. The van der Waals surface area contributed by atoms with E-state index in [1.54, 1.807) is 44.4 Å². The molecule has 1 aliphatic carbocycles. The van der Waals surface area contributed by atoms with Crippen molar-refractivity contribution in [1.29, 1.82) is 0 Å². The minimum absolute atomic E-state index is 0.144. The fraction of sp³-hybridized carbons (Fsp3) is 0.273. The molecule has 168 valence electrons. The van der Waals surface area contributed by atoms with Crippen LogP contribution in [0.3, 0.4) is 0 Å². The fourth-order valence-corrected chi connectivity index (χ4v) is 3.77. The number of aromatic nitrogens is 2. The third-order valence-corrected chi connectivity index (χ3v) is 5.24. The highest BCUT2D eigenvalue weighted by atomic mass is 35.5. The van der Waals surface area contributed by atoms with E-state index >= 15 is 0 Å². The number of halogens is 4. The van der Waals surface area contributed by atoms with Crippen molar-refractivity contribution in [2.75, 3.05) is 14.1 Å². The average Bonchev–Trinajstić information content (AvgIpc) is 3.25. The second kappa shape index (κ2) is 8.38. The van der Waals surface area contributed by atoms with Gasteiger partial charge in [-0.2, -0.15) is 5.10 Å². The van der Waals surface area contributed by atoms with Gasteiger partial charge < -0.3 is 14.4 Å². The number of hydrogen-bond donors (Lipinski definition) is 0. The maximum absolute atomic E-state index is 13.0. The normalized spacial score (nSPS) is 15.4. The number of para-hydroxylation sites is 2. The highest BCUT2D eigenvalue weighted by Crippen LogP contribution is 2.38. The van der Waals surface area contributed by atoms with Crippen LogP contribution in [-0.4, -0.2) is 47.3 Å². The molecule has 0 N–H and O–H groups in total. The van der Waals surface area contributed by atoms with Gasteiger partial charge >= 0.3 is 12.5 Å². The molecule has 10 heteroatoms. The van der Waals surface area contributed by atoms with E-state index in [0.717, 1.165) is 5.56 Å². The van der Waals surface area contributed by atoms with E-state index in [0.29, 0.717) is 34.8 Å². The average molecular weight is 466 g/mol. The number of nitrogens with zero attached hydrogens (tertiary/aromatic N) is 3. The molecule has 0 radical (unpaired) electrons. The van der Waals surface area contributed by atoms with Gasteiger partial charge in [-0.1, -0.05) is 35.9 Å². The van der Waals surface area contributed by atoms with Crippen LogP contribution in [0.1, 0.15) is 11.3 Å². The topological polar surface area (TPSA) is 56.6 Å². The van der Waals surface area contributed by atoms with E-state index in [2.05, 4.69) is 9.84 Å². The molecule has 1 heterocycles. The molecule has 0 bridgehead atoms. The zero-order chi connectivity index (χ0) is 23.0. The zero-order valence-corrected chi connectivity index (χ0v) is 17.9. The first-order valence-electron chi connectivity index (χ1n) is 9.72. The van der Waals surface area contributed by atoms with Crippen molar-refractivity contribution in [3.8, 4) is 22.7 Å². The van der Waals surface area contributed by atoms with Crippen molar-refractivity contribution in [3.05, 3.63) is 64.8 Å². The molecule has 2 aromatic carbocycles. The molecule has 0 spiro atoms. The second-order valence-corrected chi connectivity index (χ2v) is 7.95. The summed E-state index contributed by atoms with van der Waals surface area (Å²) in [5, 5.41) is 5.11. The van der Waals surface area contributed by atoms with Crippen LogP contribution < -0.4 is 4.74 Å². The summed E-state index contributed by atoms with van der Waals surface area (Å²) in [6, 6.07) is 12.7. The first-order chi connectivity index (χ1) is 15.1. The van der Waals surface area contributed by atoms with Gasteiger partial charge in [0.05, 0.1) is 11.4 Å². The van der Waals surface area contributed by atoms with E-state index in [1.807, 2.05) is 0 Å². The van der Waals surface area contributed by atoms with E-state index in [1.165, 1.54) is 27.8 Å². The summed E-state index contributed by atoms with van der Waals surface area (Å²) in [6.45, 7) is 0. The van der Waals surface area contributed by atoms with Crippen molar-refractivity contribution in [1.82, 2.24) is 14.7 Å². The minimum Gasteiger partial charge on any atom is -0.445 e. The van der Waals surface area contributed by atoms with Crippen molar-refractivity contribution in [2.24, 2.45) is 0 Å². The summed E-state index contributed by atoms with van der Waals surface area (Å²) < 4.78 is 50.1. The lowest BCUT2D eigenvalue weighted by molar-refractivity contribution is -0.274. The van der Waals surface area contributed by atoms with Crippen LogP contribution in [0.15, 0.2) is 48.5 Å². The molecule has 0 saturated carbocycles. The Morgan fingerprint density at radius 1 is 1.12 bits per heavy atom. The van der Waals surface area contributed by atoms with Gasteiger partial charge in [-0.25, -0.2) is 9.48 Å². The van der Waals surface area contributed by atoms with Crippen molar-refractivity contribution >= 4 is 17.7 Å². The van der Waals surface area contributed by atoms with Crippen LogP contribution >= 0.6 is 11.6 Å². The van der Waals surface area contributed by atoms with Gasteiger partial charge in [0.25, 0.3) is 0 Å². The predicted octanol–water partition coefficient (Wildman–Crippen LogP) is 5.26. The SMILES string of the molecule is CN(C)C(=O)OC1Cc2nn(-c3ccccc3OC(F)(F)F)c(-c3ccc(Cl)cc3)c2C1. The molecule has 0 aliphatic heterocycles. The molecular weight excluding hydrogens is 447 g/mol. The molecular formula is C22H19ClF3N3O3. The number of alkyl halides is 3. The smallest absolute Gasteiger partial charge is 0.445 e. The van der Waals surface area contributed by atoms with Crippen LogP contribution in [0.5, 0.6) is 5.75 Å². The molecule has 3 aromatic rings. The standard InChI is InChI=1S/C22H19ClF3N3O3/c1-28(2)21(30)31-15-11-16-17(12-15)27-29(20(16)13-7-9-14(23)10-8-13)18-5-3-4-6-19(18)32-22(24,25)26/h3-10,15H,11-12H2,1-2H3. The summed E-state index contributed by atoms with van der Waals surface area (Å²) in [5.41, 5.74) is 2.90. The largest absolute Gasteiger partial charge is 0.573 e. The van der Waals surface area contributed by atoms with Gasteiger partial charge in [-0.05, 0) is 24.3 Å². The Bertz CT molecular complexity index is 1140. The number of hydrogen-bond acceptors (Lipinski definition) is 4. The lowest BCUT2D eigenvalue weighted by Crippen LogP contribution is -2.28. The Balaban J connectivity index is 1.80. The first-order valence-corrected chi connectivity index (χ1v) is 10.1. The van der Waals surface area contributed by atoms with E-state index in [4.69, 9.17) is 16.3 Å². The van der Waals surface area contributed by atoms with E-state index in [9.17, 15) is 18.0 Å². The quantitative estimate of drug-likeness (QED) is 0.527. The highest BCUT2D eigenvalue weighted by molar-refractivity contribution is 6.30. The number of ether oxygens (including phenoxy) is 2. The molecule has 6 nitrogen and oxygen atoms in total. The molecule has 0 saturated heterocycles. The maximum atomic E-state index is 13.0. The molecule has 4 rings (SSSR count). The van der Waals surface area contributed by atoms with Gasteiger partial charge in [0.1, 0.15) is 11.8 Å². The van der Waals surface area contributed by atoms with Crippen LogP contribution in [0.25, 0.3) is 16.9 Å². The van der Waals surface area contributed by atoms with Gasteiger partial charge in [0.2, 0.25) is 0 Å². The third kappa shape index (κ3) is 4.52. The van der Waals surface area contributed by atoms with Gasteiger partial charge in [0.15, 0.2) is 5.75 Å². The Morgan fingerprint density at radius 2 is 1.81 bits per heavy atom. The Hall–Kier alpha value is -3.20. The first kappa shape index (κ1) is 22.0. The zero-order valence-electron chi connectivity index (χ0n) is 17.2. The number of carbonyl (C=O) groups is 1. The third-order valence-electron chi connectivity index (χ3n) is 4.99. The van der Waals surface area contributed by atoms with Crippen LogP contribution in [0.4, 0.5) is 18.0 Å². The maximum Gasteiger partial charge on any atom is 0.573 e. The number of rotatable bonds is 4. The van der Waals surface area contributed by atoms with Crippen LogP contribution in [0.2, 0.25) is 5.02 Å². The van der Waals surface area contributed by atoms with Gasteiger partial charge in [0, 0.05) is 43.1 Å². The Kier molecular flexibility index (Phi) is 5.77. The van der Waals surface area contributed by atoms with Gasteiger partial charge in [-0.15, -0.1) is 13.2 Å². The number of amides is 1. The highest BCUT2D eigenvalue weighted by Gasteiger charge is 2.35.